The van der Waals surface area contributed by atoms with Crippen molar-refractivity contribution < 1.29 is 0 Å². The van der Waals surface area contributed by atoms with Crippen LogP contribution in [0, 0.1) is 13.8 Å². The van der Waals surface area contributed by atoms with E-state index in [0.29, 0.717) is 5.70 Å². The van der Waals surface area contributed by atoms with Crippen molar-refractivity contribution in [2.24, 2.45) is 5.73 Å². The maximum atomic E-state index is 5.77. The standard InChI is InChI=1S/C15H18N2.C7H8/c1-10-4-5-15-14(8-10)11(2)9-13(12(3)16)6-7-17-15;1-7-5-3-2-4-6-7/h4-5,8-9,17H,2-3,6-7,16H2,1H3;2-6H,1H3/b13-9+;. The summed E-state index contributed by atoms with van der Waals surface area (Å²) >= 11 is 0. The highest BCUT2D eigenvalue weighted by molar-refractivity contribution is 5.82. The van der Waals surface area contributed by atoms with E-state index in [-0.39, 0.29) is 0 Å². The van der Waals surface area contributed by atoms with Crippen molar-refractivity contribution in [3.63, 3.8) is 0 Å². The molecule has 0 radical (unpaired) electrons. The maximum Gasteiger partial charge on any atom is 0.0419 e. The molecule has 2 aromatic carbocycles. The van der Waals surface area contributed by atoms with Gasteiger partial charge in [-0.15, -0.1) is 0 Å². The average Bonchev–Trinajstić information content (AvgIpc) is 2.54. The first-order valence-corrected chi connectivity index (χ1v) is 8.18. The molecule has 1 aliphatic rings. The van der Waals surface area contributed by atoms with Gasteiger partial charge in [0.05, 0.1) is 0 Å². The largest absolute Gasteiger partial charge is 0.399 e. The first kappa shape index (κ1) is 17.6. The fourth-order valence-electron chi connectivity index (χ4n) is 2.56. The molecule has 0 amide bonds. The van der Waals surface area contributed by atoms with Gasteiger partial charge in [-0.1, -0.05) is 60.7 Å². The summed E-state index contributed by atoms with van der Waals surface area (Å²) < 4.78 is 0. The van der Waals surface area contributed by atoms with Crippen LogP contribution in [0.4, 0.5) is 5.69 Å². The Hall–Kier alpha value is -2.74. The van der Waals surface area contributed by atoms with Gasteiger partial charge in [-0.05, 0) is 49.6 Å². The Morgan fingerprint density at radius 3 is 2.33 bits per heavy atom. The van der Waals surface area contributed by atoms with Gasteiger partial charge < -0.3 is 11.1 Å². The normalized spacial score (nSPS) is 15.4. The van der Waals surface area contributed by atoms with Crippen molar-refractivity contribution >= 4 is 11.3 Å². The van der Waals surface area contributed by atoms with Crippen molar-refractivity contribution in [2.45, 2.75) is 20.3 Å². The number of nitrogens with one attached hydrogen (secondary N) is 1. The van der Waals surface area contributed by atoms with Crippen LogP contribution in [-0.2, 0) is 0 Å². The number of aryl methyl sites for hydroxylation is 2. The topological polar surface area (TPSA) is 38.0 Å². The number of hydrogen-bond acceptors (Lipinski definition) is 2. The highest BCUT2D eigenvalue weighted by Crippen LogP contribution is 2.29. The average molecular weight is 318 g/mol. The molecule has 2 nitrogen and oxygen atoms in total. The number of anilines is 1. The van der Waals surface area contributed by atoms with Gasteiger partial charge in [0.2, 0.25) is 0 Å². The lowest BCUT2D eigenvalue weighted by atomic mass is 9.96. The van der Waals surface area contributed by atoms with E-state index in [9.17, 15) is 0 Å². The smallest absolute Gasteiger partial charge is 0.0419 e. The van der Waals surface area contributed by atoms with Gasteiger partial charge in [0, 0.05) is 23.5 Å². The van der Waals surface area contributed by atoms with Crippen LogP contribution in [-0.4, -0.2) is 6.54 Å². The van der Waals surface area contributed by atoms with Crippen molar-refractivity contribution in [1.82, 2.24) is 0 Å². The molecular formula is C22H26N2. The number of rotatable bonds is 1. The second kappa shape index (κ2) is 8.21. The van der Waals surface area contributed by atoms with E-state index in [0.717, 1.165) is 35.4 Å². The summed E-state index contributed by atoms with van der Waals surface area (Å²) in [6, 6.07) is 16.6. The minimum Gasteiger partial charge on any atom is -0.399 e. The molecule has 0 bridgehead atoms. The maximum absolute atomic E-state index is 5.77. The van der Waals surface area contributed by atoms with Gasteiger partial charge in [-0.2, -0.15) is 0 Å². The molecule has 2 aromatic rings. The number of benzene rings is 2. The lowest BCUT2D eigenvalue weighted by molar-refractivity contribution is 0.993. The first-order chi connectivity index (χ1) is 11.5. The summed E-state index contributed by atoms with van der Waals surface area (Å²) in [5, 5.41) is 3.41. The number of hydrogen-bond donors (Lipinski definition) is 2. The highest BCUT2D eigenvalue weighted by atomic mass is 14.9. The molecule has 2 heteroatoms. The Kier molecular flexibility index (Phi) is 6.02. The number of allylic oxidation sites excluding steroid dienone is 3. The molecule has 0 aromatic heterocycles. The number of nitrogens with two attached hydrogens (primary N) is 1. The van der Waals surface area contributed by atoms with Crippen molar-refractivity contribution in [3.8, 4) is 0 Å². The monoisotopic (exact) mass is 318 g/mol. The van der Waals surface area contributed by atoms with Crippen molar-refractivity contribution in [3.05, 3.63) is 95.7 Å². The first-order valence-electron chi connectivity index (χ1n) is 8.18. The lowest BCUT2D eigenvalue weighted by Crippen LogP contribution is -2.11. The van der Waals surface area contributed by atoms with Gasteiger partial charge in [0.15, 0.2) is 0 Å². The lowest BCUT2D eigenvalue weighted by Gasteiger charge is -2.18. The molecule has 0 saturated carbocycles. The van der Waals surface area contributed by atoms with Crippen LogP contribution in [0.2, 0.25) is 0 Å². The zero-order chi connectivity index (χ0) is 17.5. The minimum absolute atomic E-state index is 0.629. The molecule has 0 fully saturated rings. The molecule has 0 atom stereocenters. The molecule has 124 valence electrons. The molecule has 24 heavy (non-hydrogen) atoms. The summed E-state index contributed by atoms with van der Waals surface area (Å²) in [6.45, 7) is 12.9. The SMILES string of the molecule is C=C(N)/C1=C/C(=C)c2cc(C)ccc2NCC1.Cc1ccccc1. The van der Waals surface area contributed by atoms with Gasteiger partial charge in [0.1, 0.15) is 0 Å². The predicted molar refractivity (Wildman–Crippen MR) is 106 cm³/mol. The van der Waals surface area contributed by atoms with E-state index in [1.54, 1.807) is 0 Å². The van der Waals surface area contributed by atoms with E-state index in [1.807, 2.05) is 24.3 Å². The predicted octanol–water partition coefficient (Wildman–Crippen LogP) is 5.22. The van der Waals surface area contributed by atoms with E-state index >= 15 is 0 Å². The Labute approximate surface area is 145 Å². The van der Waals surface area contributed by atoms with Crippen LogP contribution in [0.1, 0.15) is 23.1 Å². The van der Waals surface area contributed by atoms with E-state index in [1.165, 1.54) is 11.1 Å². The molecule has 0 saturated heterocycles. The Balaban J connectivity index is 0.000000249. The summed E-state index contributed by atoms with van der Waals surface area (Å²) in [4.78, 5) is 0. The fourth-order valence-corrected chi connectivity index (χ4v) is 2.56. The second-order valence-corrected chi connectivity index (χ2v) is 6.10. The summed E-state index contributed by atoms with van der Waals surface area (Å²) in [7, 11) is 0. The summed E-state index contributed by atoms with van der Waals surface area (Å²) in [5.41, 5.74) is 13.3. The van der Waals surface area contributed by atoms with Gasteiger partial charge >= 0.3 is 0 Å². The van der Waals surface area contributed by atoms with Crippen LogP contribution >= 0.6 is 0 Å². The number of fused-ring (bicyclic) bond motifs is 1. The molecular weight excluding hydrogens is 292 g/mol. The van der Waals surface area contributed by atoms with Crippen LogP contribution in [0.25, 0.3) is 5.57 Å². The van der Waals surface area contributed by atoms with Gasteiger partial charge in [-0.3, -0.25) is 0 Å². The van der Waals surface area contributed by atoms with Gasteiger partial charge in [0.25, 0.3) is 0 Å². The molecule has 0 unspecified atom stereocenters. The van der Waals surface area contributed by atoms with Crippen LogP contribution in [0.3, 0.4) is 0 Å². The summed E-state index contributed by atoms with van der Waals surface area (Å²) in [5.74, 6) is 0. The van der Waals surface area contributed by atoms with E-state index < -0.39 is 0 Å². The molecule has 3 rings (SSSR count). The van der Waals surface area contributed by atoms with E-state index in [2.05, 4.69) is 62.7 Å². The van der Waals surface area contributed by atoms with Gasteiger partial charge in [-0.25, -0.2) is 0 Å². The van der Waals surface area contributed by atoms with Crippen molar-refractivity contribution in [1.29, 1.82) is 0 Å². The third kappa shape index (κ3) is 4.88. The zero-order valence-electron chi connectivity index (χ0n) is 14.6. The van der Waals surface area contributed by atoms with Crippen molar-refractivity contribution in [2.75, 3.05) is 11.9 Å². The molecule has 3 N–H and O–H groups in total. The highest BCUT2D eigenvalue weighted by Gasteiger charge is 2.10. The van der Waals surface area contributed by atoms with Crippen LogP contribution in [0.5, 0.6) is 0 Å². The Morgan fingerprint density at radius 2 is 1.75 bits per heavy atom. The third-order valence-corrected chi connectivity index (χ3v) is 3.93. The van der Waals surface area contributed by atoms with Crippen LogP contribution < -0.4 is 11.1 Å². The molecule has 1 heterocycles. The van der Waals surface area contributed by atoms with E-state index in [4.69, 9.17) is 5.73 Å². The van der Waals surface area contributed by atoms with Crippen LogP contribution in [0.15, 0.2) is 79.0 Å². The summed E-state index contributed by atoms with van der Waals surface area (Å²) in [6.07, 6.45) is 2.92. The molecule has 0 aliphatic carbocycles. The Morgan fingerprint density at radius 1 is 1.04 bits per heavy atom. The Bertz CT molecular complexity index is 755. The fraction of sp³-hybridized carbons (Fsp3) is 0.182. The third-order valence-electron chi connectivity index (χ3n) is 3.93. The molecule has 0 spiro atoms. The molecule has 1 aliphatic heterocycles. The minimum atomic E-state index is 0.629. The zero-order valence-corrected chi connectivity index (χ0v) is 14.6. The second-order valence-electron chi connectivity index (χ2n) is 6.10. The quantitative estimate of drug-likeness (QED) is 0.756.